The van der Waals surface area contributed by atoms with Crippen molar-refractivity contribution in [2.24, 2.45) is 0 Å². The van der Waals surface area contributed by atoms with Crippen molar-refractivity contribution in [2.75, 3.05) is 13.2 Å². The SMILES string of the molecule is CC(O)CNC(=O)COc1ccc(Br)cc1F. The molecular weight excluding hydrogens is 293 g/mol. The Kier molecular flexibility index (Phi) is 5.37. The Labute approximate surface area is 107 Å². The number of aliphatic hydroxyl groups excluding tert-OH is 1. The van der Waals surface area contributed by atoms with E-state index in [1.807, 2.05) is 0 Å². The molecule has 0 aromatic heterocycles. The van der Waals surface area contributed by atoms with Crippen LogP contribution in [0.5, 0.6) is 5.75 Å². The van der Waals surface area contributed by atoms with E-state index in [1.165, 1.54) is 12.1 Å². The summed E-state index contributed by atoms with van der Waals surface area (Å²) in [4.78, 5) is 11.2. The van der Waals surface area contributed by atoms with Gasteiger partial charge in [-0.3, -0.25) is 4.79 Å². The summed E-state index contributed by atoms with van der Waals surface area (Å²) in [5, 5.41) is 11.4. The third kappa shape index (κ3) is 5.14. The minimum absolute atomic E-state index is 0.0143. The van der Waals surface area contributed by atoms with Crippen molar-refractivity contribution < 1.29 is 19.0 Å². The lowest BCUT2D eigenvalue weighted by Crippen LogP contribution is -2.34. The molecule has 1 rings (SSSR count). The van der Waals surface area contributed by atoms with E-state index < -0.39 is 17.8 Å². The maximum absolute atomic E-state index is 13.3. The van der Waals surface area contributed by atoms with Crippen LogP contribution in [0, 0.1) is 5.82 Å². The molecule has 6 heteroatoms. The maximum Gasteiger partial charge on any atom is 0.258 e. The molecule has 0 heterocycles. The molecule has 0 radical (unpaired) electrons. The van der Waals surface area contributed by atoms with Crippen LogP contribution in [0.4, 0.5) is 4.39 Å². The predicted molar refractivity (Wildman–Crippen MR) is 64.3 cm³/mol. The molecule has 0 spiro atoms. The smallest absolute Gasteiger partial charge is 0.258 e. The summed E-state index contributed by atoms with van der Waals surface area (Å²) in [7, 11) is 0. The lowest BCUT2D eigenvalue weighted by atomic mass is 10.3. The highest BCUT2D eigenvalue weighted by Gasteiger charge is 2.07. The van der Waals surface area contributed by atoms with Crippen LogP contribution < -0.4 is 10.1 Å². The van der Waals surface area contributed by atoms with Gasteiger partial charge in [0.25, 0.3) is 5.91 Å². The maximum atomic E-state index is 13.3. The number of amides is 1. The fourth-order valence-corrected chi connectivity index (χ4v) is 1.38. The molecule has 0 saturated heterocycles. The standard InChI is InChI=1S/C11H13BrFNO3/c1-7(15)5-14-11(16)6-17-10-3-2-8(12)4-9(10)13/h2-4,7,15H,5-6H2,1H3,(H,14,16). The first-order valence-electron chi connectivity index (χ1n) is 5.01. The highest BCUT2D eigenvalue weighted by Crippen LogP contribution is 2.21. The van der Waals surface area contributed by atoms with E-state index in [0.717, 1.165) is 0 Å². The van der Waals surface area contributed by atoms with Gasteiger partial charge >= 0.3 is 0 Å². The van der Waals surface area contributed by atoms with Crippen molar-refractivity contribution in [1.29, 1.82) is 0 Å². The van der Waals surface area contributed by atoms with Gasteiger partial charge in [-0.1, -0.05) is 15.9 Å². The van der Waals surface area contributed by atoms with Crippen LogP contribution in [0.3, 0.4) is 0 Å². The zero-order chi connectivity index (χ0) is 12.8. The third-order valence-corrected chi connectivity index (χ3v) is 2.34. The fraction of sp³-hybridized carbons (Fsp3) is 0.364. The Hall–Kier alpha value is -1.14. The molecule has 1 aromatic carbocycles. The Morgan fingerprint density at radius 3 is 2.94 bits per heavy atom. The summed E-state index contributed by atoms with van der Waals surface area (Å²) in [5.74, 6) is -0.934. The molecule has 0 fully saturated rings. The first-order valence-corrected chi connectivity index (χ1v) is 5.81. The minimum atomic E-state index is -0.622. The van der Waals surface area contributed by atoms with Crippen LogP contribution >= 0.6 is 15.9 Å². The van der Waals surface area contributed by atoms with Crippen LogP contribution in [0.15, 0.2) is 22.7 Å². The number of nitrogens with one attached hydrogen (secondary N) is 1. The van der Waals surface area contributed by atoms with E-state index in [2.05, 4.69) is 21.2 Å². The molecule has 1 atom stereocenters. The topological polar surface area (TPSA) is 58.6 Å². The quantitative estimate of drug-likeness (QED) is 0.866. The Morgan fingerprint density at radius 1 is 1.65 bits per heavy atom. The zero-order valence-electron chi connectivity index (χ0n) is 9.24. The predicted octanol–water partition coefficient (Wildman–Crippen LogP) is 1.46. The largest absolute Gasteiger partial charge is 0.481 e. The van der Waals surface area contributed by atoms with E-state index >= 15 is 0 Å². The van der Waals surface area contributed by atoms with Crippen LogP contribution in [0.2, 0.25) is 0 Å². The molecule has 0 aliphatic heterocycles. The van der Waals surface area contributed by atoms with E-state index in [1.54, 1.807) is 13.0 Å². The van der Waals surface area contributed by atoms with Crippen molar-refractivity contribution in [3.05, 3.63) is 28.5 Å². The summed E-state index contributed by atoms with van der Waals surface area (Å²) in [6.45, 7) is 1.41. The second-order valence-corrected chi connectivity index (χ2v) is 4.43. The summed E-state index contributed by atoms with van der Waals surface area (Å²) in [6, 6.07) is 4.30. The van der Waals surface area contributed by atoms with Gasteiger partial charge in [-0.25, -0.2) is 4.39 Å². The molecule has 1 unspecified atom stereocenters. The second-order valence-electron chi connectivity index (χ2n) is 3.52. The van der Waals surface area contributed by atoms with Crippen molar-refractivity contribution >= 4 is 21.8 Å². The van der Waals surface area contributed by atoms with Gasteiger partial charge in [0.1, 0.15) is 0 Å². The lowest BCUT2D eigenvalue weighted by Gasteiger charge is -2.09. The van der Waals surface area contributed by atoms with Crippen LogP contribution in [0.1, 0.15) is 6.92 Å². The average molecular weight is 306 g/mol. The molecule has 0 saturated carbocycles. The number of carbonyl (C=O) groups excluding carboxylic acids is 1. The molecule has 2 N–H and O–H groups in total. The molecule has 0 bridgehead atoms. The highest BCUT2D eigenvalue weighted by molar-refractivity contribution is 9.10. The normalized spacial score (nSPS) is 12.0. The van der Waals surface area contributed by atoms with Gasteiger partial charge < -0.3 is 15.2 Å². The number of halogens is 2. The lowest BCUT2D eigenvalue weighted by molar-refractivity contribution is -0.123. The van der Waals surface area contributed by atoms with Crippen molar-refractivity contribution in [1.82, 2.24) is 5.32 Å². The van der Waals surface area contributed by atoms with E-state index in [4.69, 9.17) is 9.84 Å². The number of benzene rings is 1. The van der Waals surface area contributed by atoms with Gasteiger partial charge in [-0.2, -0.15) is 0 Å². The summed E-state index contributed by atoms with van der Waals surface area (Å²) >= 11 is 3.11. The van der Waals surface area contributed by atoms with Crippen LogP contribution in [-0.2, 0) is 4.79 Å². The minimum Gasteiger partial charge on any atom is -0.481 e. The van der Waals surface area contributed by atoms with Gasteiger partial charge in [0.15, 0.2) is 18.2 Å². The molecule has 94 valence electrons. The first-order chi connectivity index (χ1) is 7.99. The molecule has 4 nitrogen and oxygen atoms in total. The van der Waals surface area contributed by atoms with Crippen LogP contribution in [-0.4, -0.2) is 30.3 Å². The number of carbonyl (C=O) groups is 1. The Balaban J connectivity index is 2.42. The average Bonchev–Trinajstić information content (AvgIpc) is 2.25. The molecule has 1 aromatic rings. The zero-order valence-corrected chi connectivity index (χ0v) is 10.8. The molecule has 0 aliphatic rings. The number of hydrogen-bond donors (Lipinski definition) is 2. The van der Waals surface area contributed by atoms with E-state index in [9.17, 15) is 9.18 Å². The molecule has 0 aliphatic carbocycles. The number of ether oxygens (including phenoxy) is 1. The van der Waals surface area contributed by atoms with Gasteiger partial charge in [0.05, 0.1) is 6.10 Å². The molecular formula is C11H13BrFNO3. The Bertz CT molecular complexity index is 398. The Morgan fingerprint density at radius 2 is 2.35 bits per heavy atom. The summed E-state index contributed by atoms with van der Waals surface area (Å²) in [5.41, 5.74) is 0. The van der Waals surface area contributed by atoms with E-state index in [-0.39, 0.29) is 18.9 Å². The van der Waals surface area contributed by atoms with Crippen molar-refractivity contribution in [2.45, 2.75) is 13.0 Å². The van der Waals surface area contributed by atoms with Crippen molar-refractivity contribution in [3.63, 3.8) is 0 Å². The third-order valence-electron chi connectivity index (χ3n) is 1.85. The highest BCUT2D eigenvalue weighted by atomic mass is 79.9. The fourth-order valence-electron chi connectivity index (χ4n) is 1.05. The van der Waals surface area contributed by atoms with E-state index in [0.29, 0.717) is 4.47 Å². The molecule has 1 amide bonds. The van der Waals surface area contributed by atoms with Crippen LogP contribution in [0.25, 0.3) is 0 Å². The summed E-state index contributed by atoms with van der Waals surface area (Å²) in [6.07, 6.45) is -0.622. The number of hydrogen-bond acceptors (Lipinski definition) is 3. The molecule has 17 heavy (non-hydrogen) atoms. The van der Waals surface area contributed by atoms with Crippen molar-refractivity contribution in [3.8, 4) is 5.75 Å². The first kappa shape index (κ1) is 13.9. The summed E-state index contributed by atoms with van der Waals surface area (Å²) < 4.78 is 18.9. The van der Waals surface area contributed by atoms with Gasteiger partial charge in [-0.15, -0.1) is 0 Å². The second kappa shape index (κ2) is 6.56. The van der Waals surface area contributed by atoms with Gasteiger partial charge in [-0.05, 0) is 25.1 Å². The van der Waals surface area contributed by atoms with Gasteiger partial charge in [0.2, 0.25) is 0 Å². The number of aliphatic hydroxyl groups is 1. The number of rotatable bonds is 5. The monoisotopic (exact) mass is 305 g/mol. The van der Waals surface area contributed by atoms with Gasteiger partial charge in [0, 0.05) is 11.0 Å².